The Labute approximate surface area is 330 Å². The molecule has 1 amide bonds. The number of piperidine rings is 1. The van der Waals surface area contributed by atoms with Crippen LogP contribution >= 0.6 is 0 Å². The van der Waals surface area contributed by atoms with Crippen molar-refractivity contribution in [3.05, 3.63) is 24.3 Å². The van der Waals surface area contributed by atoms with Crippen LogP contribution in [0, 0.1) is 0 Å². The van der Waals surface area contributed by atoms with Crippen LogP contribution in [0.5, 0.6) is 0 Å². The number of nitrogens with one attached hydrogen (secondary N) is 1. The molecule has 1 N–H and O–H groups in total. The third-order valence-electron chi connectivity index (χ3n) is 10.7. The van der Waals surface area contributed by atoms with Crippen LogP contribution in [0.15, 0.2) is 24.3 Å². The Kier molecular flexibility index (Phi) is 39.1. The highest BCUT2D eigenvalue weighted by atomic mass is 16.6. The van der Waals surface area contributed by atoms with Gasteiger partial charge in [-0.05, 0) is 90.1 Å². The topological polar surface area (TPSA) is 60.0 Å². The summed E-state index contributed by atoms with van der Waals surface area (Å²) < 4.78 is 17.8. The third-order valence-corrected chi connectivity index (χ3v) is 10.7. The lowest BCUT2D eigenvalue weighted by Crippen LogP contribution is -2.38. The number of ether oxygens (including phenoxy) is 3. The fourth-order valence-corrected chi connectivity index (χ4v) is 7.13. The van der Waals surface area contributed by atoms with Crippen molar-refractivity contribution in [1.82, 2.24) is 10.2 Å². The van der Waals surface area contributed by atoms with Crippen molar-refractivity contribution in [1.29, 1.82) is 0 Å². The molecule has 1 unspecified atom stereocenters. The molecule has 1 rings (SSSR count). The number of alkyl carbamates (subject to hydrolysis) is 1. The highest BCUT2D eigenvalue weighted by Crippen LogP contribution is 2.13. The van der Waals surface area contributed by atoms with E-state index in [2.05, 4.69) is 48.4 Å². The molecule has 1 aliphatic rings. The van der Waals surface area contributed by atoms with E-state index in [-0.39, 0.29) is 18.8 Å². The van der Waals surface area contributed by atoms with Gasteiger partial charge in [0.2, 0.25) is 0 Å². The number of allylic oxidation sites excluding steroid dienone is 4. The smallest absolute Gasteiger partial charge is 0.407 e. The zero-order valence-corrected chi connectivity index (χ0v) is 35.5. The van der Waals surface area contributed by atoms with E-state index in [4.69, 9.17) is 14.2 Å². The molecular formula is C47H90N2O4. The minimum Gasteiger partial charge on any atom is -0.447 e. The van der Waals surface area contributed by atoms with Crippen molar-refractivity contribution in [3.63, 3.8) is 0 Å². The Bertz CT molecular complexity index is 797. The van der Waals surface area contributed by atoms with E-state index in [1.807, 2.05) is 0 Å². The summed E-state index contributed by atoms with van der Waals surface area (Å²) in [7, 11) is 0. The minimum absolute atomic E-state index is 0.208. The van der Waals surface area contributed by atoms with Gasteiger partial charge in [-0.2, -0.15) is 0 Å². The largest absolute Gasteiger partial charge is 0.447 e. The Morgan fingerprint density at radius 3 is 1.47 bits per heavy atom. The number of hydrogen-bond acceptors (Lipinski definition) is 5. The zero-order chi connectivity index (χ0) is 38.0. The first-order valence-electron chi connectivity index (χ1n) is 23.4. The van der Waals surface area contributed by atoms with Crippen molar-refractivity contribution in [2.24, 2.45) is 0 Å². The number of carbonyl (C=O) groups excluding carboxylic acids is 1. The molecule has 6 heteroatoms. The lowest BCUT2D eigenvalue weighted by atomic mass is 10.1. The van der Waals surface area contributed by atoms with Crippen LogP contribution in [0.2, 0.25) is 0 Å². The summed E-state index contributed by atoms with van der Waals surface area (Å²) >= 11 is 0. The molecule has 312 valence electrons. The van der Waals surface area contributed by atoms with Crippen LogP contribution in [-0.2, 0) is 14.2 Å². The highest BCUT2D eigenvalue weighted by molar-refractivity contribution is 5.67. The third kappa shape index (κ3) is 37.3. The predicted octanol–water partition coefficient (Wildman–Crippen LogP) is 13.7. The lowest BCUT2D eigenvalue weighted by molar-refractivity contribution is -0.0468. The Morgan fingerprint density at radius 2 is 0.981 bits per heavy atom. The minimum atomic E-state index is -0.346. The number of carbonyl (C=O) groups is 1. The summed E-state index contributed by atoms with van der Waals surface area (Å²) in [6.45, 7) is 10.5. The van der Waals surface area contributed by atoms with Gasteiger partial charge in [-0.15, -0.1) is 0 Å². The molecule has 0 saturated carbocycles. The average Bonchev–Trinajstić information content (AvgIpc) is 3.17. The molecule has 0 aliphatic carbocycles. The predicted molar refractivity (Wildman–Crippen MR) is 229 cm³/mol. The second-order valence-electron chi connectivity index (χ2n) is 15.9. The van der Waals surface area contributed by atoms with Crippen LogP contribution in [0.3, 0.4) is 0 Å². The molecule has 53 heavy (non-hydrogen) atoms. The number of nitrogens with zero attached hydrogens (tertiary/aromatic N) is 1. The van der Waals surface area contributed by atoms with Gasteiger partial charge >= 0.3 is 6.09 Å². The van der Waals surface area contributed by atoms with Crippen molar-refractivity contribution in [3.8, 4) is 0 Å². The van der Waals surface area contributed by atoms with E-state index in [1.54, 1.807) is 0 Å². The van der Waals surface area contributed by atoms with Gasteiger partial charge < -0.3 is 24.4 Å². The maximum absolute atomic E-state index is 12.4. The van der Waals surface area contributed by atoms with E-state index in [1.165, 1.54) is 186 Å². The quantitative estimate of drug-likeness (QED) is 0.0500. The van der Waals surface area contributed by atoms with Gasteiger partial charge in [-0.3, -0.25) is 0 Å². The molecule has 1 fully saturated rings. The second-order valence-corrected chi connectivity index (χ2v) is 15.9. The summed E-state index contributed by atoms with van der Waals surface area (Å²) in [6, 6.07) is 0. The Morgan fingerprint density at radius 1 is 0.547 bits per heavy atom. The summed E-state index contributed by atoms with van der Waals surface area (Å²) in [6.07, 6.45) is 49.4. The second kappa shape index (κ2) is 41.8. The number of rotatable bonds is 40. The number of amides is 1. The van der Waals surface area contributed by atoms with Gasteiger partial charge in [0, 0.05) is 26.3 Å². The number of likely N-dealkylation sites (tertiary alicyclic amines) is 1. The lowest BCUT2D eigenvalue weighted by Gasteiger charge is -2.26. The molecule has 0 spiro atoms. The SMILES string of the molecule is CCCCCCCCC=CCCCCCCCCOCC(COC(=O)NCCN1CCCCC1)OCCCCCCCCC=CCCCCCCCC. The first-order chi connectivity index (χ1) is 26.3. The normalized spacial score (nSPS) is 14.5. The number of unbranched alkanes of at least 4 members (excludes halogenated alkanes) is 24. The average molecular weight is 747 g/mol. The summed E-state index contributed by atoms with van der Waals surface area (Å²) in [5.74, 6) is 0. The van der Waals surface area contributed by atoms with Gasteiger partial charge in [-0.1, -0.05) is 160 Å². The molecule has 0 aromatic carbocycles. The molecule has 0 bridgehead atoms. The molecule has 1 saturated heterocycles. The molecule has 1 atom stereocenters. The van der Waals surface area contributed by atoms with Gasteiger partial charge in [0.1, 0.15) is 12.7 Å². The maximum atomic E-state index is 12.4. The zero-order valence-electron chi connectivity index (χ0n) is 35.5. The van der Waals surface area contributed by atoms with E-state index in [0.717, 1.165) is 39.1 Å². The van der Waals surface area contributed by atoms with Crippen molar-refractivity contribution in [2.45, 2.75) is 219 Å². The molecule has 0 aromatic heterocycles. The first kappa shape index (κ1) is 49.6. The monoisotopic (exact) mass is 747 g/mol. The first-order valence-corrected chi connectivity index (χ1v) is 23.4. The standard InChI is InChI=1S/C47H90N2O4/c1-3-5-7-9-11-13-15-17-19-21-23-25-27-29-31-36-42-51-44-46(45-53-47(50)48-38-41-49-39-34-33-35-40-49)52-43-37-32-30-28-26-24-22-20-18-16-14-12-10-8-6-4-2/h17-20,46H,3-16,21-45H2,1-2H3,(H,48,50). The van der Waals surface area contributed by atoms with Crippen LogP contribution in [0.25, 0.3) is 0 Å². The molecule has 6 nitrogen and oxygen atoms in total. The fourth-order valence-electron chi connectivity index (χ4n) is 7.13. The Balaban J connectivity index is 2.12. The maximum Gasteiger partial charge on any atom is 0.407 e. The van der Waals surface area contributed by atoms with E-state index < -0.39 is 0 Å². The van der Waals surface area contributed by atoms with Crippen LogP contribution < -0.4 is 5.32 Å². The van der Waals surface area contributed by atoms with E-state index in [9.17, 15) is 4.79 Å². The van der Waals surface area contributed by atoms with Crippen LogP contribution in [0.1, 0.15) is 213 Å². The molecule has 0 aromatic rings. The van der Waals surface area contributed by atoms with Crippen LogP contribution in [-0.4, -0.2) is 69.7 Å². The van der Waals surface area contributed by atoms with Crippen LogP contribution in [0.4, 0.5) is 4.79 Å². The van der Waals surface area contributed by atoms with Gasteiger partial charge in [0.25, 0.3) is 0 Å². The van der Waals surface area contributed by atoms with E-state index >= 15 is 0 Å². The summed E-state index contributed by atoms with van der Waals surface area (Å²) in [4.78, 5) is 14.8. The molecule has 0 radical (unpaired) electrons. The molecule has 1 heterocycles. The van der Waals surface area contributed by atoms with E-state index in [0.29, 0.717) is 19.8 Å². The number of hydrogen-bond donors (Lipinski definition) is 1. The summed E-state index contributed by atoms with van der Waals surface area (Å²) in [5, 5.41) is 2.93. The van der Waals surface area contributed by atoms with Gasteiger partial charge in [0.05, 0.1) is 6.61 Å². The molecule has 1 aliphatic heterocycles. The molecular weight excluding hydrogens is 657 g/mol. The van der Waals surface area contributed by atoms with Crippen molar-refractivity contribution in [2.75, 3.05) is 52.6 Å². The van der Waals surface area contributed by atoms with Crippen molar-refractivity contribution < 1.29 is 19.0 Å². The van der Waals surface area contributed by atoms with Gasteiger partial charge in [0.15, 0.2) is 0 Å². The summed E-state index contributed by atoms with van der Waals surface area (Å²) in [5.41, 5.74) is 0. The van der Waals surface area contributed by atoms with Crippen molar-refractivity contribution >= 4 is 6.09 Å². The van der Waals surface area contributed by atoms with Gasteiger partial charge in [-0.25, -0.2) is 4.79 Å². The Hall–Kier alpha value is -1.37. The fraction of sp³-hybridized carbons (Fsp3) is 0.894. The highest BCUT2D eigenvalue weighted by Gasteiger charge is 2.14.